The highest BCUT2D eigenvalue weighted by Gasteiger charge is 2.12. The van der Waals surface area contributed by atoms with E-state index in [0.29, 0.717) is 10.5 Å². The molecule has 0 N–H and O–H groups in total. The summed E-state index contributed by atoms with van der Waals surface area (Å²) in [6.45, 7) is 4.19. The van der Waals surface area contributed by atoms with Gasteiger partial charge < -0.3 is 0 Å². The van der Waals surface area contributed by atoms with Gasteiger partial charge in [-0.2, -0.15) is 5.10 Å². The fourth-order valence-corrected chi connectivity index (χ4v) is 3.37. The second kappa shape index (κ2) is 7.45. The Morgan fingerprint density at radius 1 is 0.893 bits per heavy atom. The number of aromatic nitrogens is 2. The van der Waals surface area contributed by atoms with Crippen LogP contribution in [0.2, 0.25) is 5.02 Å². The van der Waals surface area contributed by atoms with Crippen molar-refractivity contribution in [1.82, 2.24) is 9.78 Å². The maximum atomic E-state index is 12.7. The highest BCUT2D eigenvalue weighted by Crippen LogP contribution is 2.23. The number of benzene rings is 2. The molecule has 0 radical (unpaired) electrons. The zero-order valence-corrected chi connectivity index (χ0v) is 16.4. The molecule has 4 rings (SSSR count). The second-order valence-electron chi connectivity index (χ2n) is 6.80. The van der Waals surface area contributed by atoms with Gasteiger partial charge in [-0.15, -0.1) is 0 Å². The summed E-state index contributed by atoms with van der Waals surface area (Å²) < 4.78 is 1.67. The van der Waals surface area contributed by atoms with Gasteiger partial charge >= 0.3 is 0 Å². The monoisotopic (exact) mass is 386 g/mol. The number of rotatable bonds is 3. The molecular weight excluding hydrogens is 368 g/mol. The zero-order valence-electron chi connectivity index (χ0n) is 15.7. The first-order valence-corrected chi connectivity index (χ1v) is 9.44. The van der Waals surface area contributed by atoms with Gasteiger partial charge in [0.2, 0.25) is 5.43 Å². The zero-order chi connectivity index (χ0) is 19.7. The van der Waals surface area contributed by atoms with E-state index in [4.69, 9.17) is 16.7 Å². The van der Waals surface area contributed by atoms with Gasteiger partial charge in [-0.1, -0.05) is 60.1 Å². The summed E-state index contributed by atoms with van der Waals surface area (Å²) in [6, 6.07) is 20.8. The number of nitrogens with zero attached hydrogens (tertiary/aromatic N) is 2. The Hall–Kier alpha value is -3.17. The average molecular weight is 387 g/mol. The van der Waals surface area contributed by atoms with Crippen molar-refractivity contribution in [2.45, 2.75) is 13.8 Å². The summed E-state index contributed by atoms with van der Waals surface area (Å²) in [6.07, 6.45) is 3.97. The predicted molar refractivity (Wildman–Crippen MR) is 117 cm³/mol. The number of hydrogen-bond acceptors (Lipinski definition) is 2. The van der Waals surface area contributed by atoms with Crippen molar-refractivity contribution in [3.8, 4) is 5.69 Å². The number of aryl methyl sites for hydroxylation is 2. The fourth-order valence-electron chi connectivity index (χ4n) is 3.18. The smallest absolute Gasteiger partial charge is 0.204 e. The lowest BCUT2D eigenvalue weighted by Gasteiger charge is -2.02. The molecule has 0 aliphatic rings. The van der Waals surface area contributed by atoms with Crippen molar-refractivity contribution < 1.29 is 0 Å². The molecule has 0 unspecified atom stereocenters. The van der Waals surface area contributed by atoms with Crippen LogP contribution in [-0.4, -0.2) is 9.78 Å². The van der Waals surface area contributed by atoms with Crippen molar-refractivity contribution in [3.63, 3.8) is 0 Å². The van der Waals surface area contributed by atoms with E-state index in [1.165, 1.54) is 11.1 Å². The molecule has 138 valence electrons. The van der Waals surface area contributed by atoms with E-state index in [2.05, 4.69) is 32.0 Å². The quantitative estimate of drug-likeness (QED) is 0.444. The third-order valence-electron chi connectivity index (χ3n) is 4.82. The first-order valence-electron chi connectivity index (χ1n) is 9.06. The summed E-state index contributed by atoms with van der Waals surface area (Å²) in [5, 5.41) is 6.11. The van der Waals surface area contributed by atoms with Crippen LogP contribution < -0.4 is 5.43 Å². The second-order valence-corrected chi connectivity index (χ2v) is 7.24. The Balaban J connectivity index is 1.91. The normalized spacial score (nSPS) is 11.4. The minimum absolute atomic E-state index is 0.0849. The topological polar surface area (TPSA) is 34.9 Å². The third-order valence-corrected chi connectivity index (χ3v) is 5.06. The lowest BCUT2D eigenvalue weighted by Crippen LogP contribution is -2.04. The maximum Gasteiger partial charge on any atom is 0.204 e. The Kier molecular flexibility index (Phi) is 4.84. The van der Waals surface area contributed by atoms with E-state index in [-0.39, 0.29) is 5.43 Å². The van der Waals surface area contributed by atoms with Crippen LogP contribution in [0.4, 0.5) is 0 Å². The molecule has 4 heteroatoms. The molecule has 4 aromatic rings. The lowest BCUT2D eigenvalue weighted by molar-refractivity contribution is 0.902. The van der Waals surface area contributed by atoms with Crippen LogP contribution in [0.5, 0.6) is 0 Å². The van der Waals surface area contributed by atoms with E-state index in [9.17, 15) is 4.79 Å². The van der Waals surface area contributed by atoms with E-state index >= 15 is 0 Å². The molecule has 0 spiro atoms. The Morgan fingerprint density at radius 3 is 2.50 bits per heavy atom. The van der Waals surface area contributed by atoms with Crippen molar-refractivity contribution in [1.29, 1.82) is 0 Å². The molecule has 0 fully saturated rings. The molecule has 0 bridgehead atoms. The molecule has 1 aromatic heterocycles. The first-order chi connectivity index (χ1) is 13.5. The lowest BCUT2D eigenvalue weighted by atomic mass is 10.1. The Morgan fingerprint density at radius 2 is 1.71 bits per heavy atom. The largest absolute Gasteiger partial charge is 0.288 e. The van der Waals surface area contributed by atoms with Gasteiger partial charge in [-0.3, -0.25) is 4.79 Å². The maximum absolute atomic E-state index is 12.7. The summed E-state index contributed by atoms with van der Waals surface area (Å²) in [5.74, 6) is 0. The van der Waals surface area contributed by atoms with E-state index in [1.807, 2.05) is 36.4 Å². The molecule has 0 saturated carbocycles. The van der Waals surface area contributed by atoms with Gasteiger partial charge in [0.1, 0.15) is 5.52 Å². The minimum atomic E-state index is -0.0849. The molecule has 3 nitrogen and oxygen atoms in total. The predicted octanol–water partition coefficient (Wildman–Crippen LogP) is 5.83. The highest BCUT2D eigenvalue weighted by molar-refractivity contribution is 6.30. The summed E-state index contributed by atoms with van der Waals surface area (Å²) in [5.41, 5.74) is 5.54. The van der Waals surface area contributed by atoms with Crippen LogP contribution in [0.25, 0.3) is 28.7 Å². The van der Waals surface area contributed by atoms with Crippen molar-refractivity contribution in [2.24, 2.45) is 0 Å². The van der Waals surface area contributed by atoms with E-state index < -0.39 is 0 Å². The standard InChI is InChI=1S/C24H19ClN2O/c1-16-10-11-18(14-17(16)2)12-13-22-21-8-3-4-9-23(28)24(21)27(26-22)20-7-5-6-19(25)15-20/h3-15H,1-2H3/b13-12+. The summed E-state index contributed by atoms with van der Waals surface area (Å²) in [7, 11) is 0. The van der Waals surface area contributed by atoms with E-state index in [1.54, 1.807) is 28.9 Å². The molecule has 1 heterocycles. The van der Waals surface area contributed by atoms with Gasteiger partial charge in [0, 0.05) is 10.4 Å². The molecule has 0 saturated heterocycles. The highest BCUT2D eigenvalue weighted by atomic mass is 35.5. The first kappa shape index (κ1) is 18.2. The average Bonchev–Trinajstić information content (AvgIpc) is 2.93. The molecule has 3 aromatic carbocycles. The van der Waals surface area contributed by atoms with Crippen LogP contribution in [0.1, 0.15) is 22.4 Å². The molecule has 0 amide bonds. The van der Waals surface area contributed by atoms with Crippen LogP contribution in [0.15, 0.2) is 71.5 Å². The summed E-state index contributed by atoms with van der Waals surface area (Å²) >= 11 is 6.15. The van der Waals surface area contributed by atoms with E-state index in [0.717, 1.165) is 22.3 Å². The van der Waals surface area contributed by atoms with Gasteiger partial charge in [-0.05, 0) is 60.9 Å². The number of hydrogen-bond donors (Lipinski definition) is 0. The van der Waals surface area contributed by atoms with Gasteiger partial charge in [0.25, 0.3) is 0 Å². The fraction of sp³-hybridized carbons (Fsp3) is 0.0833. The van der Waals surface area contributed by atoms with Crippen molar-refractivity contribution in [3.05, 3.63) is 104 Å². The van der Waals surface area contributed by atoms with Crippen LogP contribution in [0.3, 0.4) is 0 Å². The van der Waals surface area contributed by atoms with Crippen LogP contribution >= 0.6 is 11.6 Å². The SMILES string of the molecule is Cc1ccc(/C=C/c2nn(-c3cccc(Cl)c3)c3c(=O)ccccc23)cc1C. The number of halogens is 1. The molecular formula is C24H19ClN2O. The number of fused-ring (bicyclic) bond motifs is 1. The third kappa shape index (κ3) is 3.49. The molecule has 0 aliphatic heterocycles. The Labute approximate surface area is 168 Å². The van der Waals surface area contributed by atoms with Crippen LogP contribution in [-0.2, 0) is 0 Å². The van der Waals surface area contributed by atoms with Gasteiger partial charge in [0.15, 0.2) is 0 Å². The van der Waals surface area contributed by atoms with Gasteiger partial charge in [0.05, 0.1) is 11.4 Å². The van der Waals surface area contributed by atoms with Crippen molar-refractivity contribution >= 4 is 34.7 Å². The minimum Gasteiger partial charge on any atom is -0.288 e. The summed E-state index contributed by atoms with van der Waals surface area (Å²) in [4.78, 5) is 12.7. The van der Waals surface area contributed by atoms with Gasteiger partial charge in [-0.25, -0.2) is 4.68 Å². The van der Waals surface area contributed by atoms with Crippen LogP contribution in [0, 0.1) is 13.8 Å². The van der Waals surface area contributed by atoms with Crippen molar-refractivity contribution in [2.75, 3.05) is 0 Å². The molecule has 28 heavy (non-hydrogen) atoms. The molecule has 0 aliphatic carbocycles. The Bertz CT molecular complexity index is 1270. The molecule has 0 atom stereocenters.